The van der Waals surface area contributed by atoms with Gasteiger partial charge >= 0.3 is 5.97 Å². The molecule has 0 bridgehead atoms. The number of carbonyl (C=O) groups is 1. The predicted molar refractivity (Wildman–Crippen MR) is 86.1 cm³/mol. The Labute approximate surface area is 127 Å². The van der Waals surface area contributed by atoms with Crippen LogP contribution in [0.15, 0.2) is 30.4 Å². The van der Waals surface area contributed by atoms with E-state index in [1.807, 2.05) is 12.1 Å². The van der Waals surface area contributed by atoms with Crippen molar-refractivity contribution in [3.05, 3.63) is 41.5 Å². The number of rotatable bonds is 4. The number of carboxylic acid groups (broad SMARTS) is 1. The van der Waals surface area contributed by atoms with Crippen LogP contribution in [0.4, 0.5) is 0 Å². The standard InChI is InChI=1S/C18H26O3/c1-12(16(19)20)11-21-15-9-8-13(17(2,3)4)10-14(15)18(5,6)7/h8-10H,1,11H2,2-7H3,(H,19,20). The lowest BCUT2D eigenvalue weighted by atomic mass is 9.80. The average molecular weight is 290 g/mol. The molecule has 1 rings (SSSR count). The summed E-state index contributed by atoms with van der Waals surface area (Å²) in [6.07, 6.45) is 0. The van der Waals surface area contributed by atoms with Gasteiger partial charge in [-0.25, -0.2) is 4.79 Å². The monoisotopic (exact) mass is 290 g/mol. The largest absolute Gasteiger partial charge is 0.488 e. The zero-order chi connectivity index (χ0) is 16.4. The minimum absolute atomic E-state index is 0.00667. The summed E-state index contributed by atoms with van der Waals surface area (Å²) in [4.78, 5) is 10.8. The third-order valence-corrected chi connectivity index (χ3v) is 3.36. The van der Waals surface area contributed by atoms with Crippen LogP contribution in [0.25, 0.3) is 0 Å². The first-order valence-corrected chi connectivity index (χ1v) is 7.12. The fourth-order valence-corrected chi connectivity index (χ4v) is 1.94. The van der Waals surface area contributed by atoms with E-state index in [4.69, 9.17) is 9.84 Å². The number of ether oxygens (including phenoxy) is 1. The second-order valence-corrected chi connectivity index (χ2v) is 7.41. The molecule has 1 aromatic carbocycles. The number of carboxylic acids is 1. The van der Waals surface area contributed by atoms with E-state index < -0.39 is 5.97 Å². The first-order chi connectivity index (χ1) is 9.43. The number of aliphatic carboxylic acids is 1. The highest BCUT2D eigenvalue weighted by molar-refractivity contribution is 5.86. The minimum atomic E-state index is -1.03. The number of hydrogen-bond donors (Lipinski definition) is 1. The molecule has 0 saturated carbocycles. The fraction of sp³-hybridized carbons (Fsp3) is 0.500. The van der Waals surface area contributed by atoms with Crippen LogP contribution in [0.2, 0.25) is 0 Å². The molecule has 0 saturated heterocycles. The molecule has 0 aliphatic rings. The molecule has 0 fully saturated rings. The lowest BCUT2D eigenvalue weighted by Gasteiger charge is -2.27. The quantitative estimate of drug-likeness (QED) is 0.841. The van der Waals surface area contributed by atoms with Crippen molar-refractivity contribution in [2.45, 2.75) is 52.4 Å². The first kappa shape index (κ1) is 17.3. The van der Waals surface area contributed by atoms with Gasteiger partial charge in [-0.1, -0.05) is 60.3 Å². The Morgan fingerprint density at radius 3 is 2.14 bits per heavy atom. The van der Waals surface area contributed by atoms with Crippen molar-refractivity contribution >= 4 is 5.97 Å². The van der Waals surface area contributed by atoms with Gasteiger partial charge in [-0.15, -0.1) is 0 Å². The molecule has 3 nitrogen and oxygen atoms in total. The Hall–Kier alpha value is -1.77. The van der Waals surface area contributed by atoms with Crippen LogP contribution in [-0.2, 0) is 15.6 Å². The maximum absolute atomic E-state index is 10.8. The van der Waals surface area contributed by atoms with Gasteiger partial charge in [-0.05, 0) is 28.0 Å². The lowest BCUT2D eigenvalue weighted by molar-refractivity contribution is -0.133. The van der Waals surface area contributed by atoms with Gasteiger partial charge in [-0.2, -0.15) is 0 Å². The van der Waals surface area contributed by atoms with Crippen molar-refractivity contribution in [1.29, 1.82) is 0 Å². The van der Waals surface area contributed by atoms with Gasteiger partial charge in [0, 0.05) is 0 Å². The molecule has 0 unspecified atom stereocenters. The van der Waals surface area contributed by atoms with Gasteiger partial charge in [-0.3, -0.25) is 0 Å². The number of hydrogen-bond acceptors (Lipinski definition) is 2. The number of benzene rings is 1. The summed E-state index contributed by atoms with van der Waals surface area (Å²) in [5, 5.41) is 8.86. The second kappa shape index (κ2) is 5.92. The fourth-order valence-electron chi connectivity index (χ4n) is 1.94. The Bertz CT molecular complexity index is 543. The molecule has 116 valence electrons. The third-order valence-electron chi connectivity index (χ3n) is 3.36. The van der Waals surface area contributed by atoms with E-state index in [1.165, 1.54) is 5.56 Å². The van der Waals surface area contributed by atoms with Gasteiger partial charge < -0.3 is 9.84 Å². The zero-order valence-electron chi connectivity index (χ0n) is 13.9. The van der Waals surface area contributed by atoms with Crippen LogP contribution in [0.1, 0.15) is 52.7 Å². The van der Waals surface area contributed by atoms with Crippen LogP contribution < -0.4 is 4.74 Å². The van der Waals surface area contributed by atoms with Crippen molar-refractivity contribution in [1.82, 2.24) is 0 Å². The zero-order valence-corrected chi connectivity index (χ0v) is 13.9. The highest BCUT2D eigenvalue weighted by Crippen LogP contribution is 2.35. The summed E-state index contributed by atoms with van der Waals surface area (Å²) in [5.41, 5.74) is 2.34. The molecule has 0 radical (unpaired) electrons. The minimum Gasteiger partial charge on any atom is -0.488 e. The van der Waals surface area contributed by atoms with Crippen molar-refractivity contribution in [2.75, 3.05) is 6.61 Å². The summed E-state index contributed by atoms with van der Waals surface area (Å²) >= 11 is 0. The van der Waals surface area contributed by atoms with Gasteiger partial charge in [0.05, 0.1) is 5.57 Å². The van der Waals surface area contributed by atoms with E-state index in [-0.39, 0.29) is 23.0 Å². The topological polar surface area (TPSA) is 46.5 Å². The van der Waals surface area contributed by atoms with Crippen LogP contribution in [0, 0.1) is 0 Å². The first-order valence-electron chi connectivity index (χ1n) is 7.12. The van der Waals surface area contributed by atoms with Crippen molar-refractivity contribution < 1.29 is 14.6 Å². The molecular weight excluding hydrogens is 264 g/mol. The highest BCUT2D eigenvalue weighted by Gasteiger charge is 2.23. The third kappa shape index (κ3) is 4.62. The van der Waals surface area contributed by atoms with E-state index in [0.717, 1.165) is 11.3 Å². The molecule has 0 aliphatic carbocycles. The molecule has 21 heavy (non-hydrogen) atoms. The summed E-state index contributed by atoms with van der Waals surface area (Å²) in [5.74, 6) is -0.309. The normalized spacial score (nSPS) is 12.1. The molecule has 0 aliphatic heterocycles. The van der Waals surface area contributed by atoms with E-state index in [0.29, 0.717) is 0 Å². The molecule has 3 heteroatoms. The highest BCUT2D eigenvalue weighted by atomic mass is 16.5. The van der Waals surface area contributed by atoms with Crippen LogP contribution in [0.3, 0.4) is 0 Å². The molecule has 1 N–H and O–H groups in total. The van der Waals surface area contributed by atoms with Gasteiger partial charge in [0.15, 0.2) is 0 Å². The van der Waals surface area contributed by atoms with E-state index in [2.05, 4.69) is 54.2 Å². The molecule has 0 aromatic heterocycles. The Balaban J connectivity index is 3.15. The molecule has 0 heterocycles. The maximum Gasteiger partial charge on any atom is 0.334 e. The Morgan fingerprint density at radius 1 is 1.14 bits per heavy atom. The van der Waals surface area contributed by atoms with Crippen molar-refractivity contribution in [2.24, 2.45) is 0 Å². The molecular formula is C18H26O3. The summed E-state index contributed by atoms with van der Waals surface area (Å²) in [7, 11) is 0. The Kier molecular flexibility index (Phi) is 4.87. The summed E-state index contributed by atoms with van der Waals surface area (Å²) in [6, 6.07) is 6.11. The van der Waals surface area contributed by atoms with Gasteiger partial charge in [0.2, 0.25) is 0 Å². The summed E-state index contributed by atoms with van der Waals surface area (Å²) < 4.78 is 5.67. The molecule has 0 atom stereocenters. The molecule has 0 spiro atoms. The van der Waals surface area contributed by atoms with Gasteiger partial charge in [0.1, 0.15) is 12.4 Å². The predicted octanol–water partition coefficient (Wildman–Crippen LogP) is 4.30. The summed E-state index contributed by atoms with van der Waals surface area (Å²) in [6.45, 7) is 16.3. The van der Waals surface area contributed by atoms with E-state index >= 15 is 0 Å². The van der Waals surface area contributed by atoms with Gasteiger partial charge in [0.25, 0.3) is 0 Å². The smallest absolute Gasteiger partial charge is 0.334 e. The molecule has 0 amide bonds. The SMILES string of the molecule is C=C(COc1ccc(C(C)(C)C)cc1C(C)(C)C)C(=O)O. The average Bonchev–Trinajstić information content (AvgIpc) is 2.33. The van der Waals surface area contributed by atoms with Crippen molar-refractivity contribution in [3.8, 4) is 5.75 Å². The van der Waals surface area contributed by atoms with Crippen LogP contribution in [0.5, 0.6) is 5.75 Å². The lowest BCUT2D eigenvalue weighted by Crippen LogP contribution is -2.18. The van der Waals surface area contributed by atoms with Crippen LogP contribution in [-0.4, -0.2) is 17.7 Å². The Morgan fingerprint density at radius 2 is 1.71 bits per heavy atom. The van der Waals surface area contributed by atoms with E-state index in [9.17, 15) is 4.79 Å². The van der Waals surface area contributed by atoms with Crippen LogP contribution >= 0.6 is 0 Å². The molecule has 1 aromatic rings. The second-order valence-electron chi connectivity index (χ2n) is 7.41. The van der Waals surface area contributed by atoms with E-state index in [1.54, 1.807) is 0 Å². The van der Waals surface area contributed by atoms with Crippen molar-refractivity contribution in [3.63, 3.8) is 0 Å². The maximum atomic E-state index is 10.8.